The Hall–Kier alpha value is -1.70. The molecule has 0 fully saturated rings. The van der Waals surface area contributed by atoms with Gasteiger partial charge in [-0.15, -0.1) is 0 Å². The standard InChI is InChI=1S/C14H18N2/c1-14(7-3-6-13(16)10-14)9-11-4-2-5-12(15)8-11/h2-8H,9-10,15-16H2,1H3. The van der Waals surface area contributed by atoms with Crippen molar-refractivity contribution in [1.29, 1.82) is 0 Å². The molecular formula is C14H18N2. The summed E-state index contributed by atoms with van der Waals surface area (Å²) in [6.45, 7) is 2.23. The zero-order valence-corrected chi connectivity index (χ0v) is 9.61. The normalized spacial score (nSPS) is 24.2. The van der Waals surface area contributed by atoms with Crippen LogP contribution in [0.5, 0.6) is 0 Å². The van der Waals surface area contributed by atoms with E-state index in [0.717, 1.165) is 24.2 Å². The second-order valence-corrected chi connectivity index (χ2v) is 4.85. The number of rotatable bonds is 2. The molecule has 1 atom stereocenters. The Bertz CT molecular complexity index is 446. The van der Waals surface area contributed by atoms with E-state index in [2.05, 4.69) is 19.1 Å². The highest BCUT2D eigenvalue weighted by Crippen LogP contribution is 2.33. The van der Waals surface area contributed by atoms with Crippen molar-refractivity contribution in [3.8, 4) is 0 Å². The SMILES string of the molecule is CC1(Cc2cccc(N)c2)C=CC=C(N)C1. The molecule has 1 aromatic rings. The molecule has 2 heteroatoms. The van der Waals surface area contributed by atoms with Crippen molar-refractivity contribution in [2.45, 2.75) is 19.8 Å². The molecule has 0 saturated carbocycles. The van der Waals surface area contributed by atoms with Crippen LogP contribution in [0.15, 0.2) is 48.2 Å². The van der Waals surface area contributed by atoms with Crippen molar-refractivity contribution >= 4 is 5.69 Å². The monoisotopic (exact) mass is 214 g/mol. The third kappa shape index (κ3) is 2.45. The van der Waals surface area contributed by atoms with Gasteiger partial charge in [0.05, 0.1) is 0 Å². The van der Waals surface area contributed by atoms with Crippen LogP contribution in [-0.2, 0) is 6.42 Å². The van der Waals surface area contributed by atoms with Gasteiger partial charge in [0.15, 0.2) is 0 Å². The van der Waals surface area contributed by atoms with E-state index in [9.17, 15) is 0 Å². The number of benzene rings is 1. The Labute approximate surface area is 96.6 Å². The molecule has 0 amide bonds. The highest BCUT2D eigenvalue weighted by atomic mass is 14.6. The van der Waals surface area contributed by atoms with Crippen LogP contribution in [0, 0.1) is 5.41 Å². The Morgan fingerprint density at radius 2 is 2.12 bits per heavy atom. The Balaban J connectivity index is 2.16. The number of hydrogen-bond acceptors (Lipinski definition) is 2. The van der Waals surface area contributed by atoms with Crippen LogP contribution in [0.2, 0.25) is 0 Å². The number of allylic oxidation sites excluding steroid dienone is 4. The van der Waals surface area contributed by atoms with Gasteiger partial charge in [-0.2, -0.15) is 0 Å². The van der Waals surface area contributed by atoms with Gasteiger partial charge in [0, 0.05) is 11.4 Å². The minimum Gasteiger partial charge on any atom is -0.402 e. The van der Waals surface area contributed by atoms with Crippen LogP contribution in [-0.4, -0.2) is 0 Å². The molecule has 0 spiro atoms. The molecule has 0 bridgehead atoms. The Morgan fingerprint density at radius 1 is 1.31 bits per heavy atom. The predicted molar refractivity (Wildman–Crippen MR) is 68.7 cm³/mol. The van der Waals surface area contributed by atoms with E-state index in [1.54, 1.807) is 0 Å². The van der Waals surface area contributed by atoms with Gasteiger partial charge in [-0.3, -0.25) is 0 Å². The summed E-state index contributed by atoms with van der Waals surface area (Å²) in [5.41, 5.74) is 14.8. The molecule has 4 N–H and O–H groups in total. The third-order valence-electron chi connectivity index (χ3n) is 2.98. The minimum atomic E-state index is 0.118. The van der Waals surface area contributed by atoms with E-state index in [1.807, 2.05) is 30.4 Å². The molecule has 1 aliphatic carbocycles. The molecule has 1 aromatic carbocycles. The van der Waals surface area contributed by atoms with Crippen LogP contribution < -0.4 is 11.5 Å². The summed E-state index contributed by atoms with van der Waals surface area (Å²) in [4.78, 5) is 0. The fourth-order valence-electron chi connectivity index (χ4n) is 2.28. The van der Waals surface area contributed by atoms with E-state index in [-0.39, 0.29) is 5.41 Å². The van der Waals surface area contributed by atoms with Crippen molar-refractivity contribution in [1.82, 2.24) is 0 Å². The Kier molecular flexibility index (Phi) is 2.73. The van der Waals surface area contributed by atoms with Crippen LogP contribution >= 0.6 is 0 Å². The summed E-state index contributed by atoms with van der Waals surface area (Å²) < 4.78 is 0. The van der Waals surface area contributed by atoms with Gasteiger partial charge in [0.25, 0.3) is 0 Å². The molecular weight excluding hydrogens is 196 g/mol. The topological polar surface area (TPSA) is 52.0 Å². The van der Waals surface area contributed by atoms with Crippen LogP contribution in [0.3, 0.4) is 0 Å². The zero-order chi connectivity index (χ0) is 11.6. The van der Waals surface area contributed by atoms with Gasteiger partial charge in [0.2, 0.25) is 0 Å². The molecule has 0 aromatic heterocycles. The average molecular weight is 214 g/mol. The van der Waals surface area contributed by atoms with Gasteiger partial charge in [-0.25, -0.2) is 0 Å². The van der Waals surface area contributed by atoms with Crippen molar-refractivity contribution < 1.29 is 0 Å². The van der Waals surface area contributed by atoms with E-state index < -0.39 is 0 Å². The first-order valence-corrected chi connectivity index (χ1v) is 5.56. The van der Waals surface area contributed by atoms with Crippen molar-refractivity contribution in [2.75, 3.05) is 5.73 Å². The summed E-state index contributed by atoms with van der Waals surface area (Å²) in [5.74, 6) is 0. The highest BCUT2D eigenvalue weighted by Gasteiger charge is 2.24. The molecule has 2 rings (SSSR count). The predicted octanol–water partition coefficient (Wildman–Crippen LogP) is 2.62. The number of anilines is 1. The lowest BCUT2D eigenvalue weighted by molar-refractivity contribution is 0.414. The maximum absolute atomic E-state index is 5.88. The van der Waals surface area contributed by atoms with E-state index >= 15 is 0 Å². The summed E-state index contributed by atoms with van der Waals surface area (Å²) in [5, 5.41) is 0. The first-order chi connectivity index (χ1) is 7.57. The molecule has 0 saturated heterocycles. The molecule has 2 nitrogen and oxygen atoms in total. The van der Waals surface area contributed by atoms with Gasteiger partial charge < -0.3 is 11.5 Å². The smallest absolute Gasteiger partial charge is 0.0316 e. The summed E-state index contributed by atoms with van der Waals surface area (Å²) in [7, 11) is 0. The molecule has 1 unspecified atom stereocenters. The summed E-state index contributed by atoms with van der Waals surface area (Å²) >= 11 is 0. The largest absolute Gasteiger partial charge is 0.402 e. The average Bonchev–Trinajstić information content (AvgIpc) is 2.16. The number of nitrogens with two attached hydrogens (primary N) is 2. The molecule has 0 aliphatic heterocycles. The first-order valence-electron chi connectivity index (χ1n) is 5.56. The van der Waals surface area contributed by atoms with E-state index in [0.29, 0.717) is 0 Å². The van der Waals surface area contributed by atoms with Crippen molar-refractivity contribution in [3.63, 3.8) is 0 Å². The van der Waals surface area contributed by atoms with Crippen LogP contribution in [0.1, 0.15) is 18.9 Å². The first kappa shape index (κ1) is 10.8. The second-order valence-electron chi connectivity index (χ2n) is 4.85. The lowest BCUT2D eigenvalue weighted by Gasteiger charge is -2.28. The molecule has 0 radical (unpaired) electrons. The lowest BCUT2D eigenvalue weighted by atomic mass is 9.77. The van der Waals surface area contributed by atoms with Crippen molar-refractivity contribution in [2.24, 2.45) is 11.1 Å². The quantitative estimate of drug-likeness (QED) is 0.743. The second kappa shape index (κ2) is 4.05. The van der Waals surface area contributed by atoms with Gasteiger partial charge >= 0.3 is 0 Å². The number of nitrogen functional groups attached to an aromatic ring is 1. The fourth-order valence-corrected chi connectivity index (χ4v) is 2.28. The third-order valence-corrected chi connectivity index (χ3v) is 2.98. The van der Waals surface area contributed by atoms with E-state index in [4.69, 9.17) is 11.5 Å². The van der Waals surface area contributed by atoms with Crippen LogP contribution in [0.25, 0.3) is 0 Å². The Morgan fingerprint density at radius 3 is 2.81 bits per heavy atom. The minimum absolute atomic E-state index is 0.118. The molecule has 16 heavy (non-hydrogen) atoms. The molecule has 0 heterocycles. The van der Waals surface area contributed by atoms with E-state index in [1.165, 1.54) is 5.56 Å². The zero-order valence-electron chi connectivity index (χ0n) is 9.61. The number of hydrogen-bond donors (Lipinski definition) is 2. The van der Waals surface area contributed by atoms with Gasteiger partial charge in [0.1, 0.15) is 0 Å². The maximum atomic E-state index is 5.88. The summed E-state index contributed by atoms with van der Waals surface area (Å²) in [6.07, 6.45) is 8.14. The molecule has 84 valence electrons. The maximum Gasteiger partial charge on any atom is 0.0316 e. The van der Waals surface area contributed by atoms with Gasteiger partial charge in [-0.1, -0.05) is 31.2 Å². The fraction of sp³-hybridized carbons (Fsp3) is 0.286. The van der Waals surface area contributed by atoms with Gasteiger partial charge in [-0.05, 0) is 42.0 Å². The summed E-state index contributed by atoms with van der Waals surface area (Å²) in [6, 6.07) is 8.06. The molecule has 1 aliphatic rings. The van der Waals surface area contributed by atoms with Crippen LogP contribution in [0.4, 0.5) is 5.69 Å². The highest BCUT2D eigenvalue weighted by molar-refractivity contribution is 5.41. The lowest BCUT2D eigenvalue weighted by Crippen LogP contribution is -2.22. The van der Waals surface area contributed by atoms with Crippen molar-refractivity contribution in [3.05, 3.63) is 53.8 Å².